The van der Waals surface area contributed by atoms with E-state index < -0.39 is 36.0 Å². The molecular weight excluding hydrogens is 399 g/mol. The van der Waals surface area contributed by atoms with E-state index in [0.29, 0.717) is 25.0 Å². The summed E-state index contributed by atoms with van der Waals surface area (Å²) in [7, 11) is 0. The van der Waals surface area contributed by atoms with Crippen molar-refractivity contribution in [3.63, 3.8) is 0 Å². The third-order valence-corrected chi connectivity index (χ3v) is 4.22. The summed E-state index contributed by atoms with van der Waals surface area (Å²) >= 11 is 0. The van der Waals surface area contributed by atoms with Gasteiger partial charge in [-0.3, -0.25) is 4.79 Å². The van der Waals surface area contributed by atoms with Crippen LogP contribution in [0.2, 0.25) is 0 Å². The SMILES string of the molecule is CCc1cc(Oc2ccc(C(F)(F)F)cc2OC(F)F)ccc1CC(C)C(=O)O. The Labute approximate surface area is 163 Å². The van der Waals surface area contributed by atoms with Crippen LogP contribution in [0.4, 0.5) is 22.0 Å². The molecule has 0 aliphatic rings. The van der Waals surface area contributed by atoms with Crippen LogP contribution in [0.25, 0.3) is 0 Å². The summed E-state index contributed by atoms with van der Waals surface area (Å²) in [4.78, 5) is 11.1. The van der Waals surface area contributed by atoms with Crippen LogP contribution in [-0.2, 0) is 23.8 Å². The zero-order chi connectivity index (χ0) is 21.8. The number of aryl methyl sites for hydroxylation is 1. The maximum Gasteiger partial charge on any atom is 0.416 e. The number of hydrogen-bond donors (Lipinski definition) is 1. The van der Waals surface area contributed by atoms with Gasteiger partial charge in [0.1, 0.15) is 5.75 Å². The monoisotopic (exact) mass is 418 g/mol. The van der Waals surface area contributed by atoms with Gasteiger partial charge in [0.05, 0.1) is 11.5 Å². The first kappa shape index (κ1) is 22.4. The van der Waals surface area contributed by atoms with Gasteiger partial charge >= 0.3 is 18.8 Å². The smallest absolute Gasteiger partial charge is 0.416 e. The number of ether oxygens (including phenoxy) is 2. The fourth-order valence-electron chi connectivity index (χ4n) is 2.69. The average Bonchev–Trinajstić information content (AvgIpc) is 2.62. The molecule has 0 heterocycles. The third-order valence-electron chi connectivity index (χ3n) is 4.22. The number of alkyl halides is 5. The van der Waals surface area contributed by atoms with E-state index in [0.717, 1.165) is 17.2 Å². The van der Waals surface area contributed by atoms with E-state index in [-0.39, 0.29) is 11.5 Å². The lowest BCUT2D eigenvalue weighted by Crippen LogP contribution is -2.13. The lowest BCUT2D eigenvalue weighted by Gasteiger charge is -2.16. The molecule has 0 amide bonds. The predicted molar refractivity (Wildman–Crippen MR) is 94.5 cm³/mol. The van der Waals surface area contributed by atoms with Crippen molar-refractivity contribution in [1.29, 1.82) is 0 Å². The number of hydrogen-bond acceptors (Lipinski definition) is 3. The number of carbonyl (C=O) groups is 1. The van der Waals surface area contributed by atoms with Crippen LogP contribution in [0, 0.1) is 5.92 Å². The summed E-state index contributed by atoms with van der Waals surface area (Å²) in [6, 6.07) is 6.79. The molecule has 0 aromatic heterocycles. The molecule has 0 saturated carbocycles. The summed E-state index contributed by atoms with van der Waals surface area (Å²) in [6.45, 7) is 0.0896. The van der Waals surface area contributed by atoms with Crippen molar-refractivity contribution in [3.05, 3.63) is 53.1 Å². The van der Waals surface area contributed by atoms with Gasteiger partial charge in [-0.2, -0.15) is 22.0 Å². The van der Waals surface area contributed by atoms with E-state index >= 15 is 0 Å². The molecule has 1 unspecified atom stereocenters. The highest BCUT2D eigenvalue weighted by molar-refractivity contribution is 5.70. The summed E-state index contributed by atoms with van der Waals surface area (Å²) in [5.74, 6) is -2.38. The van der Waals surface area contributed by atoms with Crippen molar-refractivity contribution >= 4 is 5.97 Å². The number of rotatable bonds is 8. The van der Waals surface area contributed by atoms with E-state index in [1.54, 1.807) is 19.1 Å². The minimum atomic E-state index is -4.73. The van der Waals surface area contributed by atoms with Crippen LogP contribution in [0.1, 0.15) is 30.5 Å². The van der Waals surface area contributed by atoms with Crippen molar-refractivity contribution in [1.82, 2.24) is 0 Å². The molecule has 2 rings (SSSR count). The first-order valence-corrected chi connectivity index (χ1v) is 8.69. The molecule has 158 valence electrons. The Kier molecular flexibility index (Phi) is 7.05. The molecule has 0 fully saturated rings. The molecule has 29 heavy (non-hydrogen) atoms. The van der Waals surface area contributed by atoms with Gasteiger partial charge in [-0.05, 0) is 54.3 Å². The van der Waals surface area contributed by atoms with Crippen molar-refractivity contribution in [2.24, 2.45) is 5.92 Å². The van der Waals surface area contributed by atoms with E-state index in [4.69, 9.17) is 9.84 Å². The second-order valence-corrected chi connectivity index (χ2v) is 6.37. The Morgan fingerprint density at radius 1 is 1.07 bits per heavy atom. The fraction of sp³-hybridized carbons (Fsp3) is 0.350. The Morgan fingerprint density at radius 3 is 2.31 bits per heavy atom. The summed E-state index contributed by atoms with van der Waals surface area (Å²) in [6.07, 6.45) is -3.89. The Balaban J connectivity index is 2.34. The van der Waals surface area contributed by atoms with Crippen molar-refractivity contribution in [2.45, 2.75) is 39.5 Å². The zero-order valence-electron chi connectivity index (χ0n) is 15.6. The number of carboxylic acid groups (broad SMARTS) is 1. The van der Waals surface area contributed by atoms with Crippen molar-refractivity contribution in [2.75, 3.05) is 0 Å². The largest absolute Gasteiger partial charge is 0.481 e. The van der Waals surface area contributed by atoms with Crippen LogP contribution < -0.4 is 9.47 Å². The molecule has 0 radical (unpaired) electrons. The average molecular weight is 418 g/mol. The maximum atomic E-state index is 12.8. The normalized spacial score (nSPS) is 12.7. The molecule has 0 aliphatic heterocycles. The molecule has 2 aromatic carbocycles. The van der Waals surface area contributed by atoms with Crippen molar-refractivity contribution in [3.8, 4) is 17.2 Å². The standard InChI is InChI=1S/C20H19F5O4/c1-3-12-9-15(6-4-13(12)8-11(2)18(26)27)28-16-7-5-14(20(23,24)25)10-17(16)29-19(21)22/h4-7,9-11,19H,3,8H2,1-2H3,(H,26,27). The van der Waals surface area contributed by atoms with E-state index in [2.05, 4.69) is 4.74 Å². The number of aliphatic carboxylic acids is 1. The third kappa shape index (κ3) is 6.07. The van der Waals surface area contributed by atoms with Gasteiger partial charge in [0.2, 0.25) is 0 Å². The van der Waals surface area contributed by atoms with E-state index in [1.807, 2.05) is 6.92 Å². The second-order valence-electron chi connectivity index (χ2n) is 6.37. The lowest BCUT2D eigenvalue weighted by molar-refractivity contribution is -0.141. The Hall–Kier alpha value is -2.84. The highest BCUT2D eigenvalue weighted by Gasteiger charge is 2.32. The predicted octanol–water partition coefficient (Wildman–Crippen LogP) is 5.92. The van der Waals surface area contributed by atoms with E-state index in [9.17, 15) is 26.7 Å². The van der Waals surface area contributed by atoms with E-state index in [1.165, 1.54) is 6.07 Å². The molecule has 2 aromatic rings. The quantitative estimate of drug-likeness (QED) is 0.541. The summed E-state index contributed by atoms with van der Waals surface area (Å²) in [5.41, 5.74) is 0.415. The minimum Gasteiger partial charge on any atom is -0.481 e. The van der Waals surface area contributed by atoms with Crippen LogP contribution in [0.15, 0.2) is 36.4 Å². The molecular formula is C20H19F5O4. The molecule has 4 nitrogen and oxygen atoms in total. The topological polar surface area (TPSA) is 55.8 Å². The second kappa shape index (κ2) is 9.11. The fourth-order valence-corrected chi connectivity index (χ4v) is 2.69. The molecule has 0 aliphatic carbocycles. The zero-order valence-corrected chi connectivity index (χ0v) is 15.6. The Morgan fingerprint density at radius 2 is 1.76 bits per heavy atom. The number of carboxylic acids is 1. The highest BCUT2D eigenvalue weighted by Crippen LogP contribution is 2.39. The maximum absolute atomic E-state index is 12.8. The van der Waals surface area contributed by atoms with Crippen LogP contribution in [0.3, 0.4) is 0 Å². The molecule has 9 heteroatoms. The van der Waals surface area contributed by atoms with Gasteiger partial charge in [-0.1, -0.05) is 19.9 Å². The van der Waals surface area contributed by atoms with Gasteiger partial charge in [-0.15, -0.1) is 0 Å². The van der Waals surface area contributed by atoms with Gasteiger partial charge in [0, 0.05) is 0 Å². The van der Waals surface area contributed by atoms with Gasteiger partial charge in [-0.25, -0.2) is 0 Å². The van der Waals surface area contributed by atoms with Crippen LogP contribution in [0.5, 0.6) is 17.2 Å². The molecule has 0 spiro atoms. The number of halogens is 5. The molecule has 1 atom stereocenters. The number of benzene rings is 2. The van der Waals surface area contributed by atoms with Gasteiger partial charge in [0.15, 0.2) is 11.5 Å². The molecule has 0 saturated heterocycles. The minimum absolute atomic E-state index is 0.201. The van der Waals surface area contributed by atoms with Crippen LogP contribution in [-0.4, -0.2) is 17.7 Å². The summed E-state index contributed by atoms with van der Waals surface area (Å²) in [5, 5.41) is 9.06. The van der Waals surface area contributed by atoms with Crippen molar-refractivity contribution < 1.29 is 41.3 Å². The Bertz CT molecular complexity index is 864. The summed E-state index contributed by atoms with van der Waals surface area (Å²) < 4.78 is 73.4. The molecule has 1 N–H and O–H groups in total. The van der Waals surface area contributed by atoms with Crippen LogP contribution >= 0.6 is 0 Å². The lowest BCUT2D eigenvalue weighted by atomic mass is 9.95. The highest BCUT2D eigenvalue weighted by atomic mass is 19.4. The first-order valence-electron chi connectivity index (χ1n) is 8.69. The van der Waals surface area contributed by atoms with Gasteiger partial charge < -0.3 is 14.6 Å². The van der Waals surface area contributed by atoms with Gasteiger partial charge in [0.25, 0.3) is 0 Å². The first-order chi connectivity index (χ1) is 13.5. The molecule has 0 bridgehead atoms.